The van der Waals surface area contributed by atoms with E-state index in [2.05, 4.69) is 10.3 Å². The number of carbonyl (C=O) groups excluding carboxylic acids is 2. The van der Waals surface area contributed by atoms with Crippen molar-refractivity contribution >= 4 is 21.7 Å². The Kier molecular flexibility index (Phi) is 10.9. The molecule has 0 radical (unpaired) electrons. The number of aliphatic hydroxyl groups is 1. The Bertz CT molecular complexity index is 1540. The second kappa shape index (κ2) is 14.6. The van der Waals surface area contributed by atoms with E-state index in [0.717, 1.165) is 40.6 Å². The first-order chi connectivity index (χ1) is 20.5. The van der Waals surface area contributed by atoms with E-state index < -0.39 is 45.5 Å². The molecule has 1 unspecified atom stereocenters. The summed E-state index contributed by atoms with van der Waals surface area (Å²) in [5.41, 5.74) is 0.756. The fraction of sp³-hybridized carbons (Fsp3) is 0.367. The van der Waals surface area contributed by atoms with Crippen molar-refractivity contribution in [1.82, 2.24) is 19.2 Å². The Labute approximate surface area is 249 Å². The number of ketones is 1. The van der Waals surface area contributed by atoms with Gasteiger partial charge in [0, 0.05) is 51.5 Å². The highest BCUT2D eigenvalue weighted by atomic mass is 32.2. The molecule has 1 fully saturated rings. The number of carbonyl (C=O) groups is 2. The van der Waals surface area contributed by atoms with Gasteiger partial charge in [0.05, 0.1) is 24.6 Å². The summed E-state index contributed by atoms with van der Waals surface area (Å²) in [6.45, 7) is 0.148. The molecule has 10 nitrogen and oxygen atoms in total. The number of ether oxygens (including phenoxy) is 1. The van der Waals surface area contributed by atoms with Crippen LogP contribution in [-0.4, -0.2) is 77.0 Å². The van der Waals surface area contributed by atoms with Crippen LogP contribution in [0.4, 0.5) is 8.78 Å². The van der Waals surface area contributed by atoms with Gasteiger partial charge in [0.25, 0.3) is 10.0 Å². The predicted octanol–water partition coefficient (Wildman–Crippen LogP) is 2.32. The zero-order valence-electron chi connectivity index (χ0n) is 23.6. The van der Waals surface area contributed by atoms with Crippen LogP contribution in [0.3, 0.4) is 0 Å². The number of benzene rings is 2. The Morgan fingerprint density at radius 3 is 2.63 bits per heavy atom. The van der Waals surface area contributed by atoms with Crippen molar-refractivity contribution in [2.24, 2.45) is 7.05 Å². The van der Waals surface area contributed by atoms with Crippen molar-refractivity contribution in [3.8, 4) is 0 Å². The average molecular weight is 617 g/mol. The highest BCUT2D eigenvalue weighted by Gasteiger charge is 2.34. The van der Waals surface area contributed by atoms with E-state index in [1.165, 1.54) is 17.1 Å². The van der Waals surface area contributed by atoms with Gasteiger partial charge in [-0.15, -0.1) is 0 Å². The lowest BCUT2D eigenvalue weighted by Gasteiger charge is -2.30. The molecule has 2 aromatic carbocycles. The molecule has 2 heterocycles. The minimum atomic E-state index is -4.12. The fourth-order valence-electron chi connectivity index (χ4n) is 4.74. The third kappa shape index (κ3) is 9.10. The van der Waals surface area contributed by atoms with Crippen molar-refractivity contribution in [2.45, 2.75) is 49.0 Å². The number of halogens is 2. The average Bonchev–Trinajstić information content (AvgIpc) is 3.65. The highest BCUT2D eigenvalue weighted by molar-refractivity contribution is 7.89. The molecule has 0 bridgehead atoms. The van der Waals surface area contributed by atoms with E-state index in [0.29, 0.717) is 19.1 Å². The van der Waals surface area contributed by atoms with Crippen LogP contribution >= 0.6 is 0 Å². The van der Waals surface area contributed by atoms with Crippen molar-refractivity contribution < 1.29 is 36.6 Å². The van der Waals surface area contributed by atoms with Gasteiger partial charge in [-0.3, -0.25) is 9.59 Å². The summed E-state index contributed by atoms with van der Waals surface area (Å²) >= 11 is 0. The van der Waals surface area contributed by atoms with Gasteiger partial charge in [-0.1, -0.05) is 36.4 Å². The van der Waals surface area contributed by atoms with Gasteiger partial charge in [0.1, 0.15) is 11.6 Å². The number of hydrogen-bond acceptors (Lipinski definition) is 7. The lowest BCUT2D eigenvalue weighted by atomic mass is 10.0. The summed E-state index contributed by atoms with van der Waals surface area (Å²) in [7, 11) is -2.48. The standard InChI is InChI=1S/C30H34F2N4O6S/c1-35-19-30(33-20-35)43(40,41)36(17-25-8-5-13-42-25)18-28(38)27(14-21-6-3-2-4-7-21)34-29(39)12-11-24(37)15-22-9-10-23(31)16-26(22)32/h2-4,6-7,9-12,16,19-20,25,27-28,38H,5,8,13-15,17-18H2,1H3,(H,34,39)/b12-11+/t25?,27-,28+/m0/s1. The minimum absolute atomic E-state index is 0.00365. The first kappa shape index (κ1) is 32.1. The number of sulfonamides is 1. The molecule has 1 amide bonds. The number of nitrogens with one attached hydrogen (secondary N) is 1. The molecule has 1 aliphatic heterocycles. The van der Waals surface area contributed by atoms with E-state index in [9.17, 15) is 31.9 Å². The van der Waals surface area contributed by atoms with E-state index in [4.69, 9.17) is 4.74 Å². The molecule has 13 heteroatoms. The number of aliphatic hydroxyl groups excluding tert-OH is 1. The summed E-state index contributed by atoms with van der Waals surface area (Å²) < 4.78 is 62.5. The van der Waals surface area contributed by atoms with Gasteiger partial charge in [-0.05, 0) is 42.5 Å². The van der Waals surface area contributed by atoms with Gasteiger partial charge >= 0.3 is 0 Å². The zero-order valence-corrected chi connectivity index (χ0v) is 24.4. The number of imidazole rings is 1. The van der Waals surface area contributed by atoms with Crippen LogP contribution in [0.25, 0.3) is 0 Å². The number of allylic oxidation sites excluding steroid dienone is 1. The number of rotatable bonds is 14. The first-order valence-electron chi connectivity index (χ1n) is 13.8. The summed E-state index contributed by atoms with van der Waals surface area (Å²) in [6.07, 6.45) is 4.18. The Hall–Kier alpha value is -3.78. The van der Waals surface area contributed by atoms with Gasteiger partial charge in [-0.25, -0.2) is 22.2 Å². The smallest absolute Gasteiger partial charge is 0.262 e. The van der Waals surface area contributed by atoms with Gasteiger partial charge < -0.3 is 19.7 Å². The highest BCUT2D eigenvalue weighted by Crippen LogP contribution is 2.21. The molecule has 0 spiro atoms. The Morgan fingerprint density at radius 2 is 1.98 bits per heavy atom. The summed E-state index contributed by atoms with van der Waals surface area (Å²) in [5, 5.41) is 13.8. The van der Waals surface area contributed by atoms with Gasteiger partial charge in [-0.2, -0.15) is 4.31 Å². The second-order valence-corrected chi connectivity index (χ2v) is 12.3. The van der Waals surface area contributed by atoms with Crippen molar-refractivity contribution in [1.29, 1.82) is 0 Å². The number of aryl methyl sites for hydroxylation is 1. The monoisotopic (exact) mass is 616 g/mol. The number of aromatic nitrogens is 2. The summed E-state index contributed by atoms with van der Waals surface area (Å²) in [5.74, 6) is -2.95. The number of nitrogens with zero attached hydrogens (tertiary/aromatic N) is 3. The predicted molar refractivity (Wildman–Crippen MR) is 153 cm³/mol. The van der Waals surface area contributed by atoms with E-state index in [1.54, 1.807) is 31.3 Å². The number of amides is 1. The van der Waals surface area contributed by atoms with Crippen LogP contribution < -0.4 is 5.32 Å². The summed E-state index contributed by atoms with van der Waals surface area (Å²) in [4.78, 5) is 29.2. The van der Waals surface area contributed by atoms with Crippen LogP contribution in [0.5, 0.6) is 0 Å². The molecule has 3 aromatic rings. The Morgan fingerprint density at radius 1 is 1.21 bits per heavy atom. The molecule has 1 saturated heterocycles. The SMILES string of the molecule is Cn1cnc(S(=O)(=O)N(CC2CCCO2)C[C@@H](O)[C@H](Cc2ccccc2)NC(=O)/C=C/C(=O)Cc2ccc(F)cc2F)c1. The van der Waals surface area contributed by atoms with Crippen LogP contribution in [0.2, 0.25) is 0 Å². The normalized spacial score (nSPS) is 16.9. The lowest BCUT2D eigenvalue weighted by Crippen LogP contribution is -2.51. The Balaban J connectivity index is 1.50. The van der Waals surface area contributed by atoms with Crippen LogP contribution in [0, 0.1) is 11.6 Å². The van der Waals surface area contributed by atoms with Crippen molar-refractivity contribution in [3.63, 3.8) is 0 Å². The van der Waals surface area contributed by atoms with E-state index in [1.807, 2.05) is 6.07 Å². The third-order valence-electron chi connectivity index (χ3n) is 7.00. The third-order valence-corrected chi connectivity index (χ3v) is 8.72. The number of hydrogen-bond donors (Lipinski definition) is 2. The molecule has 230 valence electrons. The maximum Gasteiger partial charge on any atom is 0.262 e. The topological polar surface area (TPSA) is 131 Å². The maximum atomic E-state index is 13.9. The van der Waals surface area contributed by atoms with E-state index >= 15 is 0 Å². The van der Waals surface area contributed by atoms with Gasteiger partial charge in [0.15, 0.2) is 10.8 Å². The molecule has 2 N–H and O–H groups in total. The molecule has 43 heavy (non-hydrogen) atoms. The van der Waals surface area contributed by atoms with Crippen LogP contribution in [0.15, 0.2) is 78.2 Å². The lowest BCUT2D eigenvalue weighted by molar-refractivity contribution is -0.119. The van der Waals surface area contributed by atoms with Crippen molar-refractivity contribution in [3.05, 3.63) is 96.0 Å². The van der Waals surface area contributed by atoms with Crippen LogP contribution in [0.1, 0.15) is 24.0 Å². The minimum Gasteiger partial charge on any atom is -0.390 e. The molecular formula is C30H34F2N4O6S. The molecule has 3 atom stereocenters. The fourth-order valence-corrected chi connectivity index (χ4v) is 6.19. The molecule has 0 aliphatic carbocycles. The zero-order chi connectivity index (χ0) is 31.0. The molecule has 4 rings (SSSR count). The summed E-state index contributed by atoms with van der Waals surface area (Å²) in [6, 6.07) is 10.9. The quantitative estimate of drug-likeness (QED) is 0.266. The molecular weight excluding hydrogens is 582 g/mol. The van der Waals surface area contributed by atoms with Crippen molar-refractivity contribution in [2.75, 3.05) is 19.7 Å². The molecule has 1 aromatic heterocycles. The molecule has 0 saturated carbocycles. The first-order valence-corrected chi connectivity index (χ1v) is 15.2. The second-order valence-electron chi connectivity index (χ2n) is 10.4. The van der Waals surface area contributed by atoms with E-state index in [-0.39, 0.29) is 42.6 Å². The largest absolute Gasteiger partial charge is 0.390 e. The van der Waals surface area contributed by atoms with Gasteiger partial charge in [0.2, 0.25) is 5.91 Å². The van der Waals surface area contributed by atoms with Crippen LogP contribution in [-0.2, 0) is 44.2 Å². The molecule has 1 aliphatic rings. The maximum absolute atomic E-state index is 13.9.